The maximum atomic E-state index is 11.8. The van der Waals surface area contributed by atoms with Crippen LogP contribution in [0.3, 0.4) is 0 Å². The van der Waals surface area contributed by atoms with Crippen LogP contribution in [0.5, 0.6) is 5.75 Å². The van der Waals surface area contributed by atoms with Crippen molar-refractivity contribution in [2.45, 2.75) is 38.4 Å². The second-order valence-corrected chi connectivity index (χ2v) is 5.58. The summed E-state index contributed by atoms with van der Waals surface area (Å²) < 4.78 is 11.3. The van der Waals surface area contributed by atoms with Crippen LogP contribution in [0.2, 0.25) is 0 Å². The summed E-state index contributed by atoms with van der Waals surface area (Å²) in [5.74, 6) is 0.632. The molecule has 0 aromatic heterocycles. The Labute approximate surface area is 128 Å². The zero-order valence-corrected chi connectivity index (χ0v) is 13.0. The number of ether oxygens (including phenoxy) is 2. The van der Waals surface area contributed by atoms with E-state index in [-0.39, 0.29) is 17.1 Å². The van der Waals surface area contributed by atoms with Crippen molar-refractivity contribution in [2.24, 2.45) is 5.16 Å². The molecule has 0 saturated heterocycles. The Morgan fingerprint density at radius 3 is 2.86 bits per heavy atom. The molecule has 1 aromatic carbocycles. The van der Waals surface area contributed by atoms with Crippen LogP contribution in [0, 0.1) is 0 Å². The molecule has 0 aliphatic carbocycles. The number of methoxy groups -OCH3 is 1. The molecule has 1 aliphatic heterocycles. The Hall–Kier alpha value is -1.59. The highest BCUT2D eigenvalue weighted by molar-refractivity contribution is 6.69. The highest BCUT2D eigenvalue weighted by Gasteiger charge is 2.42. The van der Waals surface area contributed by atoms with Gasteiger partial charge in [0.15, 0.2) is 16.6 Å². The predicted molar refractivity (Wildman–Crippen MR) is 79.5 cm³/mol. The van der Waals surface area contributed by atoms with Gasteiger partial charge in [0, 0.05) is 12.7 Å². The number of fused-ring (bicyclic) bond motifs is 1. The van der Waals surface area contributed by atoms with E-state index in [9.17, 15) is 4.79 Å². The van der Waals surface area contributed by atoms with Gasteiger partial charge < -0.3 is 14.7 Å². The number of carbonyl (C=O) groups excluding carboxylic acids is 1. The van der Waals surface area contributed by atoms with Crippen LogP contribution in [0.4, 0.5) is 0 Å². The normalized spacial score (nSPS) is 21.1. The van der Waals surface area contributed by atoms with Crippen molar-refractivity contribution in [2.75, 3.05) is 7.11 Å². The van der Waals surface area contributed by atoms with E-state index >= 15 is 0 Å². The van der Waals surface area contributed by atoms with Gasteiger partial charge in [0.25, 0.3) is 0 Å². The Bertz CT molecular complexity index is 587. The maximum absolute atomic E-state index is 11.8. The molecule has 0 unspecified atom stereocenters. The fourth-order valence-electron chi connectivity index (χ4n) is 2.46. The molecule has 1 aliphatic rings. The van der Waals surface area contributed by atoms with Gasteiger partial charge in [0.2, 0.25) is 0 Å². The van der Waals surface area contributed by atoms with E-state index < -0.39 is 5.60 Å². The van der Waals surface area contributed by atoms with E-state index in [1.54, 1.807) is 19.1 Å². The van der Waals surface area contributed by atoms with Crippen LogP contribution >= 0.6 is 11.6 Å². The highest BCUT2D eigenvalue weighted by atomic mass is 35.5. The summed E-state index contributed by atoms with van der Waals surface area (Å²) in [4.78, 5) is 11.8. The van der Waals surface area contributed by atoms with E-state index in [2.05, 4.69) is 5.16 Å². The molecule has 21 heavy (non-hydrogen) atoms. The quantitative estimate of drug-likeness (QED) is 0.527. The molecular weight excluding hydrogens is 294 g/mol. The van der Waals surface area contributed by atoms with Crippen LogP contribution in [-0.2, 0) is 16.0 Å². The zero-order valence-electron chi connectivity index (χ0n) is 12.2. The first-order valence-electron chi connectivity index (χ1n) is 6.66. The van der Waals surface area contributed by atoms with Crippen LogP contribution in [-0.4, -0.2) is 35.0 Å². The number of hydrogen-bond acceptors (Lipinski definition) is 5. The Kier molecular flexibility index (Phi) is 4.54. The largest absolute Gasteiger partial charge is 0.487 e. The minimum absolute atomic E-state index is 0.0328. The number of halogens is 1. The molecule has 0 radical (unpaired) electrons. The van der Waals surface area contributed by atoms with E-state index in [0.29, 0.717) is 17.7 Å². The number of carbonyl (C=O) groups is 1. The van der Waals surface area contributed by atoms with Gasteiger partial charge in [0.1, 0.15) is 11.9 Å². The minimum atomic E-state index is -0.958. The number of oxime groups is 1. The molecule has 0 spiro atoms. The standard InChI is InChI=1S/C15H18ClNO4/c1-9(18)15(2,20-3)13-7-5-10-8-11(14(16)17-19)4-6-12(10)21-13/h4,6,8,13,19H,5,7H2,1-3H3/b17-14-/t13-,15-/m1/s1. The van der Waals surface area contributed by atoms with E-state index in [1.165, 1.54) is 14.0 Å². The van der Waals surface area contributed by atoms with Gasteiger partial charge in [-0.2, -0.15) is 0 Å². The van der Waals surface area contributed by atoms with Gasteiger partial charge >= 0.3 is 0 Å². The summed E-state index contributed by atoms with van der Waals surface area (Å²) >= 11 is 5.79. The lowest BCUT2D eigenvalue weighted by atomic mass is 9.87. The molecule has 2 atom stereocenters. The molecule has 2 rings (SSSR count). The second-order valence-electron chi connectivity index (χ2n) is 5.23. The van der Waals surface area contributed by atoms with Gasteiger partial charge in [-0.1, -0.05) is 16.8 Å². The smallest absolute Gasteiger partial charge is 0.175 e. The molecular formula is C15H18ClNO4. The lowest BCUT2D eigenvalue weighted by Crippen LogP contribution is -2.51. The summed E-state index contributed by atoms with van der Waals surface area (Å²) in [6.45, 7) is 3.25. The van der Waals surface area contributed by atoms with Crippen LogP contribution in [0.15, 0.2) is 23.4 Å². The fraction of sp³-hybridized carbons (Fsp3) is 0.467. The Morgan fingerprint density at radius 1 is 1.57 bits per heavy atom. The first-order valence-corrected chi connectivity index (χ1v) is 7.04. The molecule has 1 aromatic rings. The number of rotatable bonds is 4. The topological polar surface area (TPSA) is 68.1 Å². The van der Waals surface area contributed by atoms with Gasteiger partial charge in [-0.15, -0.1) is 0 Å². The first-order chi connectivity index (χ1) is 9.92. The number of ketones is 1. The van der Waals surface area contributed by atoms with Crippen LogP contribution in [0.1, 0.15) is 31.4 Å². The van der Waals surface area contributed by atoms with Crippen molar-refractivity contribution in [1.82, 2.24) is 0 Å². The number of aryl methyl sites for hydroxylation is 1. The number of Topliss-reactive ketones (excluding diaryl/α,β-unsaturated/α-hetero) is 1. The van der Waals surface area contributed by atoms with Gasteiger partial charge in [0.05, 0.1) is 0 Å². The third kappa shape index (κ3) is 2.89. The van der Waals surface area contributed by atoms with Crippen molar-refractivity contribution in [3.05, 3.63) is 29.3 Å². The number of nitrogens with zero attached hydrogens (tertiary/aromatic N) is 1. The molecule has 0 saturated carbocycles. The molecule has 0 amide bonds. The maximum Gasteiger partial charge on any atom is 0.175 e. The van der Waals surface area contributed by atoms with Crippen molar-refractivity contribution in [3.63, 3.8) is 0 Å². The highest BCUT2D eigenvalue weighted by Crippen LogP contribution is 2.34. The van der Waals surface area contributed by atoms with Crippen molar-refractivity contribution < 1.29 is 19.5 Å². The third-order valence-electron chi connectivity index (χ3n) is 4.07. The summed E-state index contributed by atoms with van der Waals surface area (Å²) in [6, 6.07) is 5.30. The summed E-state index contributed by atoms with van der Waals surface area (Å²) in [6.07, 6.45) is 1.06. The SMILES string of the molecule is CO[C@](C)(C(C)=O)[C@H]1CCc2cc(/C(Cl)=N/O)ccc2O1. The van der Waals surface area contributed by atoms with Crippen LogP contribution in [0.25, 0.3) is 0 Å². The van der Waals surface area contributed by atoms with Crippen molar-refractivity contribution in [1.29, 1.82) is 0 Å². The minimum Gasteiger partial charge on any atom is -0.487 e. The van der Waals surface area contributed by atoms with Crippen LogP contribution < -0.4 is 4.74 Å². The third-order valence-corrected chi connectivity index (χ3v) is 4.36. The monoisotopic (exact) mass is 311 g/mol. The molecule has 6 heteroatoms. The fourth-order valence-corrected chi connectivity index (χ4v) is 2.58. The summed E-state index contributed by atoms with van der Waals surface area (Å²) in [5, 5.41) is 11.7. The molecule has 1 heterocycles. The lowest BCUT2D eigenvalue weighted by molar-refractivity contribution is -0.149. The summed E-state index contributed by atoms with van der Waals surface area (Å²) in [7, 11) is 1.51. The Morgan fingerprint density at radius 2 is 2.29 bits per heavy atom. The lowest BCUT2D eigenvalue weighted by Gasteiger charge is -2.37. The van der Waals surface area contributed by atoms with E-state index in [4.69, 9.17) is 26.3 Å². The average Bonchev–Trinajstić information content (AvgIpc) is 2.51. The zero-order chi connectivity index (χ0) is 15.6. The molecule has 5 nitrogen and oxygen atoms in total. The number of hydrogen-bond donors (Lipinski definition) is 1. The van der Waals surface area contributed by atoms with Gasteiger partial charge in [-0.05, 0) is 50.5 Å². The molecule has 0 bridgehead atoms. The molecule has 0 fully saturated rings. The van der Waals surface area contributed by atoms with Gasteiger partial charge in [-0.3, -0.25) is 4.79 Å². The second kappa shape index (κ2) is 6.03. The Balaban J connectivity index is 2.28. The van der Waals surface area contributed by atoms with E-state index in [0.717, 1.165) is 12.0 Å². The molecule has 1 N–H and O–H groups in total. The van der Waals surface area contributed by atoms with Gasteiger partial charge in [-0.25, -0.2) is 0 Å². The average molecular weight is 312 g/mol. The molecule has 114 valence electrons. The first kappa shape index (κ1) is 15.8. The predicted octanol–water partition coefficient (Wildman–Crippen LogP) is 2.75. The van der Waals surface area contributed by atoms with Crippen molar-refractivity contribution in [3.8, 4) is 5.75 Å². The summed E-state index contributed by atoms with van der Waals surface area (Å²) in [5.41, 5.74) is 0.634. The van der Waals surface area contributed by atoms with E-state index in [1.807, 2.05) is 6.07 Å². The number of benzene rings is 1. The van der Waals surface area contributed by atoms with Crippen molar-refractivity contribution >= 4 is 22.6 Å².